The van der Waals surface area contributed by atoms with Gasteiger partial charge >= 0.3 is 0 Å². The molecule has 0 bridgehead atoms. The van der Waals surface area contributed by atoms with E-state index in [2.05, 4.69) is 4.98 Å². The minimum atomic E-state index is 0.114. The van der Waals surface area contributed by atoms with Gasteiger partial charge in [0.05, 0.1) is 12.7 Å². The number of nitrogens with zero attached hydrogens (tertiary/aromatic N) is 3. The van der Waals surface area contributed by atoms with Gasteiger partial charge < -0.3 is 5.11 Å². The zero-order chi connectivity index (χ0) is 9.26. The molecule has 1 aromatic rings. The minimum Gasteiger partial charge on any atom is -0.506 e. The Morgan fingerprint density at radius 2 is 2.46 bits per heavy atom. The maximum Gasteiger partial charge on any atom is 0.185 e. The van der Waals surface area contributed by atoms with Gasteiger partial charge in [-0.2, -0.15) is 5.26 Å². The van der Waals surface area contributed by atoms with Crippen molar-refractivity contribution in [1.82, 2.24) is 4.98 Å². The Kier molecular flexibility index (Phi) is 1.64. The van der Waals surface area contributed by atoms with Crippen LogP contribution >= 0.6 is 0 Å². The van der Waals surface area contributed by atoms with Crippen LogP contribution in [0.15, 0.2) is 18.3 Å². The Labute approximate surface area is 75.4 Å². The van der Waals surface area contributed by atoms with Crippen LogP contribution in [0.25, 0.3) is 6.08 Å². The average molecular weight is 173 g/mol. The summed E-state index contributed by atoms with van der Waals surface area (Å²) in [5.74, 6) is 0.714. The molecule has 0 aromatic carbocycles. The smallest absolute Gasteiger partial charge is 0.185 e. The summed E-state index contributed by atoms with van der Waals surface area (Å²) in [5, 5.41) is 17.9. The van der Waals surface area contributed by atoms with E-state index in [-0.39, 0.29) is 5.75 Å². The molecule has 0 atom stereocenters. The number of nitriles is 1. The summed E-state index contributed by atoms with van der Waals surface area (Å²) in [5.41, 5.74) is 0.771. The number of hydrogen-bond acceptors (Lipinski definition) is 4. The molecule has 0 amide bonds. The second-order valence-electron chi connectivity index (χ2n) is 2.72. The summed E-state index contributed by atoms with van der Waals surface area (Å²) in [6, 6.07) is 1.59. The largest absolute Gasteiger partial charge is 0.506 e. The zero-order valence-corrected chi connectivity index (χ0v) is 6.81. The normalized spacial score (nSPS) is 13.6. The minimum absolute atomic E-state index is 0.114. The number of anilines is 1. The molecule has 1 N–H and O–H groups in total. The molecule has 0 unspecified atom stereocenters. The molecule has 64 valence electrons. The van der Waals surface area contributed by atoms with Crippen molar-refractivity contribution in [3.05, 3.63) is 23.9 Å². The fraction of sp³-hybridized carbons (Fsp3) is 0.111. The highest BCUT2D eigenvalue weighted by molar-refractivity contribution is 5.70. The molecule has 2 heterocycles. The van der Waals surface area contributed by atoms with Crippen LogP contribution in [0.3, 0.4) is 0 Å². The zero-order valence-electron chi connectivity index (χ0n) is 6.81. The first kappa shape index (κ1) is 7.62. The number of fused-ring (bicyclic) bond motifs is 1. The summed E-state index contributed by atoms with van der Waals surface area (Å²) in [7, 11) is 0. The van der Waals surface area contributed by atoms with Crippen molar-refractivity contribution >= 4 is 11.9 Å². The van der Waals surface area contributed by atoms with Gasteiger partial charge in [0.15, 0.2) is 6.19 Å². The van der Waals surface area contributed by atoms with Gasteiger partial charge in [0.1, 0.15) is 11.6 Å². The number of aromatic nitrogens is 1. The van der Waals surface area contributed by atoms with Crippen molar-refractivity contribution in [1.29, 1.82) is 5.26 Å². The predicted octanol–water partition coefficient (Wildman–Crippen LogP) is 1.10. The molecule has 4 nitrogen and oxygen atoms in total. The molecule has 0 radical (unpaired) electrons. The molecule has 0 aliphatic carbocycles. The molecule has 0 saturated heterocycles. The molecule has 0 fully saturated rings. The van der Waals surface area contributed by atoms with E-state index < -0.39 is 0 Å². The molecule has 13 heavy (non-hydrogen) atoms. The van der Waals surface area contributed by atoms with E-state index in [0.717, 1.165) is 5.56 Å². The quantitative estimate of drug-likeness (QED) is 0.597. The highest BCUT2D eigenvalue weighted by atomic mass is 16.3. The van der Waals surface area contributed by atoms with Gasteiger partial charge in [0.2, 0.25) is 0 Å². The lowest BCUT2D eigenvalue weighted by Gasteiger charge is -2.18. The summed E-state index contributed by atoms with van der Waals surface area (Å²) >= 11 is 0. The monoisotopic (exact) mass is 173 g/mol. The fourth-order valence-electron chi connectivity index (χ4n) is 1.27. The van der Waals surface area contributed by atoms with Gasteiger partial charge in [0, 0.05) is 5.56 Å². The van der Waals surface area contributed by atoms with E-state index in [4.69, 9.17) is 10.4 Å². The lowest BCUT2D eigenvalue weighted by molar-refractivity contribution is 0.472. The molecule has 0 saturated carbocycles. The van der Waals surface area contributed by atoms with Crippen molar-refractivity contribution in [3.8, 4) is 11.9 Å². The number of pyridine rings is 1. The molecule has 2 rings (SSSR count). The molecule has 1 aromatic heterocycles. The number of rotatable bonds is 0. The van der Waals surface area contributed by atoms with Gasteiger partial charge in [-0.05, 0) is 6.07 Å². The van der Waals surface area contributed by atoms with Crippen LogP contribution in [0, 0.1) is 11.5 Å². The number of aromatic hydroxyl groups is 1. The van der Waals surface area contributed by atoms with Crippen molar-refractivity contribution in [2.45, 2.75) is 0 Å². The van der Waals surface area contributed by atoms with E-state index in [9.17, 15) is 0 Å². The van der Waals surface area contributed by atoms with Crippen molar-refractivity contribution < 1.29 is 5.11 Å². The second-order valence-corrected chi connectivity index (χ2v) is 2.72. The van der Waals surface area contributed by atoms with E-state index >= 15 is 0 Å². The van der Waals surface area contributed by atoms with E-state index in [1.807, 2.05) is 18.3 Å². The third-order valence-electron chi connectivity index (χ3n) is 1.84. The maximum atomic E-state index is 9.15. The Balaban J connectivity index is 2.55. The van der Waals surface area contributed by atoms with Crippen molar-refractivity contribution in [2.75, 3.05) is 11.4 Å². The summed E-state index contributed by atoms with van der Waals surface area (Å²) in [6.07, 6.45) is 7.05. The molecular weight excluding hydrogens is 166 g/mol. The SMILES string of the molecule is N#CN1CC=Cc2cc(O)cnc21. The second kappa shape index (κ2) is 2.79. The first-order valence-corrected chi connectivity index (χ1v) is 3.84. The van der Waals surface area contributed by atoms with Crippen LogP contribution in [0.4, 0.5) is 5.82 Å². The molecule has 0 spiro atoms. The molecule has 1 aliphatic heterocycles. The first-order chi connectivity index (χ1) is 6.31. The van der Waals surface area contributed by atoms with Gasteiger partial charge in [-0.15, -0.1) is 0 Å². The third kappa shape index (κ3) is 1.20. The standard InChI is InChI=1S/C9H7N3O/c10-6-12-3-1-2-7-4-8(13)5-11-9(7)12/h1-2,4-5,13H,3H2. The third-order valence-corrected chi connectivity index (χ3v) is 1.84. The summed E-state index contributed by atoms with van der Waals surface area (Å²) < 4.78 is 0. The van der Waals surface area contributed by atoms with Crippen LogP contribution in [-0.4, -0.2) is 16.6 Å². The van der Waals surface area contributed by atoms with Gasteiger partial charge in [-0.1, -0.05) is 12.2 Å². The van der Waals surface area contributed by atoms with Crippen LogP contribution < -0.4 is 4.90 Å². The van der Waals surface area contributed by atoms with Crippen LogP contribution in [-0.2, 0) is 0 Å². The van der Waals surface area contributed by atoms with Crippen molar-refractivity contribution in [3.63, 3.8) is 0 Å². The Bertz CT molecular complexity index is 406. The van der Waals surface area contributed by atoms with Crippen molar-refractivity contribution in [2.24, 2.45) is 0 Å². The van der Waals surface area contributed by atoms with Crippen LogP contribution in [0.1, 0.15) is 5.56 Å². The van der Waals surface area contributed by atoms with Gasteiger partial charge in [-0.3, -0.25) is 4.90 Å². The molecule has 4 heteroatoms. The van der Waals surface area contributed by atoms with Crippen LogP contribution in [0.2, 0.25) is 0 Å². The predicted molar refractivity (Wildman–Crippen MR) is 47.9 cm³/mol. The Hall–Kier alpha value is -2.02. The highest BCUT2D eigenvalue weighted by Crippen LogP contribution is 2.25. The van der Waals surface area contributed by atoms with Gasteiger partial charge in [0.25, 0.3) is 0 Å². The maximum absolute atomic E-state index is 9.15. The van der Waals surface area contributed by atoms with E-state index in [0.29, 0.717) is 12.4 Å². The first-order valence-electron chi connectivity index (χ1n) is 3.84. The average Bonchev–Trinajstić information content (AvgIpc) is 2.16. The van der Waals surface area contributed by atoms with Gasteiger partial charge in [-0.25, -0.2) is 4.98 Å². The lowest BCUT2D eigenvalue weighted by atomic mass is 10.2. The molecule has 1 aliphatic rings. The summed E-state index contributed by atoms with van der Waals surface area (Å²) in [6.45, 7) is 0.543. The Morgan fingerprint density at radius 1 is 1.62 bits per heavy atom. The Morgan fingerprint density at radius 3 is 3.23 bits per heavy atom. The van der Waals surface area contributed by atoms with Crippen LogP contribution in [0.5, 0.6) is 5.75 Å². The topological polar surface area (TPSA) is 60.2 Å². The number of hydrogen-bond donors (Lipinski definition) is 1. The summed E-state index contributed by atoms with van der Waals surface area (Å²) in [4.78, 5) is 5.44. The lowest BCUT2D eigenvalue weighted by Crippen LogP contribution is -2.20. The highest BCUT2D eigenvalue weighted by Gasteiger charge is 2.13. The van der Waals surface area contributed by atoms with E-state index in [1.165, 1.54) is 11.1 Å². The van der Waals surface area contributed by atoms with E-state index in [1.54, 1.807) is 6.07 Å². The molecular formula is C9H7N3O. The fourth-order valence-corrected chi connectivity index (χ4v) is 1.27.